The Morgan fingerprint density at radius 3 is 2.62 bits per heavy atom. The molecule has 2 nitrogen and oxygen atoms in total. The zero-order valence-corrected chi connectivity index (χ0v) is 8.35. The van der Waals surface area contributed by atoms with Gasteiger partial charge in [-0.05, 0) is 36.6 Å². The van der Waals surface area contributed by atoms with E-state index in [4.69, 9.17) is 16.7 Å². The quantitative estimate of drug-likeness (QED) is 0.794. The van der Waals surface area contributed by atoms with Crippen LogP contribution in [0.25, 0.3) is 0 Å². The van der Waals surface area contributed by atoms with Gasteiger partial charge in [0.1, 0.15) is 0 Å². The van der Waals surface area contributed by atoms with Crippen LogP contribution in [0.4, 0.5) is 0 Å². The number of aromatic carboxylic acids is 1. The molecule has 0 saturated carbocycles. The predicted molar refractivity (Wildman–Crippen MR) is 52.5 cm³/mol. The summed E-state index contributed by atoms with van der Waals surface area (Å²) in [6.07, 6.45) is 0.798. The van der Waals surface area contributed by atoms with Gasteiger partial charge in [-0.1, -0.05) is 18.5 Å². The summed E-state index contributed by atoms with van der Waals surface area (Å²) in [5.41, 5.74) is 2.21. The molecule has 0 atom stereocenters. The fraction of sp³-hybridized carbons (Fsp3) is 0.300. The number of carboxylic acid groups (broad SMARTS) is 1. The highest BCUT2D eigenvalue weighted by atomic mass is 35.5. The van der Waals surface area contributed by atoms with Crippen molar-refractivity contribution in [3.63, 3.8) is 0 Å². The fourth-order valence-corrected chi connectivity index (χ4v) is 1.47. The highest BCUT2D eigenvalue weighted by Gasteiger charge is 2.08. The van der Waals surface area contributed by atoms with Crippen molar-refractivity contribution in [2.24, 2.45) is 0 Å². The zero-order chi connectivity index (χ0) is 10.0. The van der Waals surface area contributed by atoms with Crippen molar-refractivity contribution in [1.29, 1.82) is 0 Å². The summed E-state index contributed by atoms with van der Waals surface area (Å²) in [6, 6.07) is 3.15. The van der Waals surface area contributed by atoms with Gasteiger partial charge in [-0.2, -0.15) is 0 Å². The van der Waals surface area contributed by atoms with E-state index < -0.39 is 5.97 Å². The molecule has 1 N–H and O–H groups in total. The normalized spacial score (nSPS) is 10.1. The second-order valence-electron chi connectivity index (χ2n) is 2.90. The average Bonchev–Trinajstić information content (AvgIpc) is 2.09. The number of aryl methyl sites for hydroxylation is 1. The second kappa shape index (κ2) is 3.79. The maximum Gasteiger partial charge on any atom is 0.335 e. The number of halogens is 1. The maximum atomic E-state index is 10.7. The molecule has 0 aromatic heterocycles. The molecule has 1 aromatic rings. The molecule has 0 aliphatic rings. The molecule has 0 bridgehead atoms. The van der Waals surface area contributed by atoms with Crippen molar-refractivity contribution in [3.8, 4) is 0 Å². The van der Waals surface area contributed by atoms with E-state index in [9.17, 15) is 4.79 Å². The molecule has 0 radical (unpaired) electrons. The monoisotopic (exact) mass is 198 g/mol. The molecule has 0 aliphatic heterocycles. The van der Waals surface area contributed by atoms with Gasteiger partial charge in [0.2, 0.25) is 0 Å². The average molecular weight is 199 g/mol. The van der Waals surface area contributed by atoms with Gasteiger partial charge in [-0.3, -0.25) is 0 Å². The van der Waals surface area contributed by atoms with Crippen LogP contribution in [0.2, 0.25) is 5.02 Å². The van der Waals surface area contributed by atoms with Gasteiger partial charge < -0.3 is 5.11 Å². The predicted octanol–water partition coefficient (Wildman–Crippen LogP) is 2.91. The van der Waals surface area contributed by atoms with Crippen LogP contribution in [0.3, 0.4) is 0 Å². The highest BCUT2D eigenvalue weighted by Crippen LogP contribution is 2.22. The zero-order valence-electron chi connectivity index (χ0n) is 7.60. The summed E-state index contributed by atoms with van der Waals surface area (Å²) in [6.45, 7) is 3.87. The molecule has 3 heteroatoms. The lowest BCUT2D eigenvalue weighted by molar-refractivity contribution is 0.0697. The molecule has 13 heavy (non-hydrogen) atoms. The molecular weight excluding hydrogens is 188 g/mol. The topological polar surface area (TPSA) is 37.3 Å². The summed E-state index contributed by atoms with van der Waals surface area (Å²) < 4.78 is 0. The SMILES string of the molecule is CCc1cc(C(=O)O)cc(Cl)c1C. The summed E-state index contributed by atoms with van der Waals surface area (Å²) in [5.74, 6) is -0.934. The molecule has 0 spiro atoms. The van der Waals surface area contributed by atoms with Crippen molar-refractivity contribution < 1.29 is 9.90 Å². The third-order valence-electron chi connectivity index (χ3n) is 2.08. The third-order valence-corrected chi connectivity index (χ3v) is 2.47. The Morgan fingerprint density at radius 2 is 2.15 bits per heavy atom. The van der Waals surface area contributed by atoms with E-state index in [0.717, 1.165) is 17.5 Å². The van der Waals surface area contributed by atoms with Gasteiger partial charge in [0.05, 0.1) is 5.56 Å². The van der Waals surface area contributed by atoms with Crippen LogP contribution < -0.4 is 0 Å². The van der Waals surface area contributed by atoms with Crippen LogP contribution in [-0.2, 0) is 6.42 Å². The van der Waals surface area contributed by atoms with Gasteiger partial charge in [-0.25, -0.2) is 4.79 Å². The molecule has 0 aliphatic carbocycles. The van der Waals surface area contributed by atoms with Gasteiger partial charge >= 0.3 is 5.97 Å². The first-order valence-corrected chi connectivity index (χ1v) is 4.46. The van der Waals surface area contributed by atoms with E-state index in [2.05, 4.69) is 0 Å². The summed E-state index contributed by atoms with van der Waals surface area (Å²) in [7, 11) is 0. The third kappa shape index (κ3) is 2.01. The standard InChI is InChI=1S/C10H11ClO2/c1-3-7-4-8(10(12)13)5-9(11)6(7)2/h4-5H,3H2,1-2H3,(H,12,13). The largest absolute Gasteiger partial charge is 0.478 e. The summed E-state index contributed by atoms with van der Waals surface area (Å²) in [5, 5.41) is 9.29. The van der Waals surface area contributed by atoms with Crippen molar-refractivity contribution in [3.05, 3.63) is 33.8 Å². The van der Waals surface area contributed by atoms with Crippen LogP contribution in [0.5, 0.6) is 0 Å². The highest BCUT2D eigenvalue weighted by molar-refractivity contribution is 6.31. The van der Waals surface area contributed by atoms with E-state index in [0.29, 0.717) is 5.02 Å². The number of rotatable bonds is 2. The van der Waals surface area contributed by atoms with Crippen LogP contribution in [-0.4, -0.2) is 11.1 Å². The van der Waals surface area contributed by atoms with Crippen LogP contribution in [0.15, 0.2) is 12.1 Å². The Kier molecular flexibility index (Phi) is 2.94. The summed E-state index contributed by atoms with van der Waals surface area (Å²) in [4.78, 5) is 10.7. The minimum Gasteiger partial charge on any atom is -0.478 e. The van der Waals surface area contributed by atoms with E-state index in [1.807, 2.05) is 13.8 Å². The Labute approximate surface area is 82.2 Å². The summed E-state index contributed by atoms with van der Waals surface area (Å²) >= 11 is 5.88. The first kappa shape index (κ1) is 10.1. The molecule has 0 amide bonds. The van der Waals surface area contributed by atoms with E-state index in [1.165, 1.54) is 6.07 Å². The lowest BCUT2D eigenvalue weighted by Gasteiger charge is -2.06. The second-order valence-corrected chi connectivity index (χ2v) is 3.31. The first-order chi connectivity index (χ1) is 6.06. The fourth-order valence-electron chi connectivity index (χ4n) is 1.23. The maximum absolute atomic E-state index is 10.7. The van der Waals surface area contributed by atoms with Crippen LogP contribution in [0.1, 0.15) is 28.4 Å². The Balaban J connectivity index is 3.30. The van der Waals surface area contributed by atoms with Gasteiger partial charge in [0, 0.05) is 5.02 Å². The molecule has 0 unspecified atom stereocenters. The molecule has 1 aromatic carbocycles. The smallest absolute Gasteiger partial charge is 0.335 e. The van der Waals surface area contributed by atoms with E-state index in [1.54, 1.807) is 6.07 Å². The first-order valence-electron chi connectivity index (χ1n) is 4.08. The van der Waals surface area contributed by atoms with Crippen LogP contribution in [0, 0.1) is 6.92 Å². The molecular formula is C10H11ClO2. The van der Waals surface area contributed by atoms with E-state index >= 15 is 0 Å². The minimum absolute atomic E-state index is 0.257. The lowest BCUT2D eigenvalue weighted by atomic mass is 10.0. The Bertz CT molecular complexity index is 345. The number of hydrogen-bond donors (Lipinski definition) is 1. The number of carboxylic acids is 1. The van der Waals surface area contributed by atoms with Gasteiger partial charge in [0.25, 0.3) is 0 Å². The van der Waals surface area contributed by atoms with Crippen molar-refractivity contribution in [1.82, 2.24) is 0 Å². The molecule has 0 fully saturated rings. The van der Waals surface area contributed by atoms with Gasteiger partial charge in [-0.15, -0.1) is 0 Å². The number of carbonyl (C=O) groups is 1. The Morgan fingerprint density at radius 1 is 1.54 bits per heavy atom. The van der Waals surface area contributed by atoms with Gasteiger partial charge in [0.15, 0.2) is 0 Å². The molecule has 0 heterocycles. The van der Waals surface area contributed by atoms with Crippen molar-refractivity contribution >= 4 is 17.6 Å². The minimum atomic E-state index is -0.934. The molecule has 70 valence electrons. The lowest BCUT2D eigenvalue weighted by Crippen LogP contribution is -1.99. The van der Waals surface area contributed by atoms with Crippen LogP contribution >= 0.6 is 11.6 Å². The van der Waals surface area contributed by atoms with Crippen molar-refractivity contribution in [2.45, 2.75) is 20.3 Å². The molecule has 1 rings (SSSR count). The van der Waals surface area contributed by atoms with Crippen molar-refractivity contribution in [2.75, 3.05) is 0 Å². The van der Waals surface area contributed by atoms with E-state index in [-0.39, 0.29) is 5.56 Å². The number of hydrogen-bond acceptors (Lipinski definition) is 1. The molecule has 0 saturated heterocycles. The number of benzene rings is 1. The Hall–Kier alpha value is -1.02.